The van der Waals surface area contributed by atoms with E-state index in [0.29, 0.717) is 6.61 Å². The molecule has 1 aromatic carbocycles. The quantitative estimate of drug-likeness (QED) is 0.734. The van der Waals surface area contributed by atoms with Crippen LogP contribution in [-0.2, 0) is 0 Å². The van der Waals surface area contributed by atoms with E-state index >= 15 is 0 Å². The standard InChI is InChI=1S/C11H14BrClO/c1-3-10(13)9-7-8(12)5-6-11(9)14-4-2/h5-7,10H,3-4H2,1-2H3. The Bertz CT molecular complexity index is 301. The molecule has 78 valence electrons. The number of ether oxygens (including phenoxy) is 1. The minimum atomic E-state index is 0.0223. The predicted molar refractivity (Wildman–Crippen MR) is 64.2 cm³/mol. The first-order valence-electron chi connectivity index (χ1n) is 4.75. The average Bonchev–Trinajstić information content (AvgIpc) is 2.20. The zero-order valence-corrected chi connectivity index (χ0v) is 10.7. The summed E-state index contributed by atoms with van der Waals surface area (Å²) in [5.74, 6) is 0.887. The average molecular weight is 278 g/mol. The minimum Gasteiger partial charge on any atom is -0.494 e. The second-order valence-corrected chi connectivity index (χ2v) is 4.43. The Kier molecular flexibility index (Phi) is 4.76. The van der Waals surface area contributed by atoms with E-state index in [0.717, 1.165) is 22.2 Å². The molecule has 1 rings (SSSR count). The maximum Gasteiger partial charge on any atom is 0.124 e. The van der Waals surface area contributed by atoms with Crippen LogP contribution in [0.5, 0.6) is 5.75 Å². The van der Waals surface area contributed by atoms with Crippen LogP contribution in [0.2, 0.25) is 0 Å². The van der Waals surface area contributed by atoms with Crippen LogP contribution in [0.25, 0.3) is 0 Å². The number of alkyl halides is 1. The highest BCUT2D eigenvalue weighted by atomic mass is 79.9. The lowest BCUT2D eigenvalue weighted by molar-refractivity contribution is 0.336. The van der Waals surface area contributed by atoms with Gasteiger partial charge in [0.15, 0.2) is 0 Å². The van der Waals surface area contributed by atoms with Gasteiger partial charge in [0.2, 0.25) is 0 Å². The molecule has 0 amide bonds. The van der Waals surface area contributed by atoms with Crippen molar-refractivity contribution in [1.82, 2.24) is 0 Å². The molecule has 14 heavy (non-hydrogen) atoms. The highest BCUT2D eigenvalue weighted by molar-refractivity contribution is 9.10. The van der Waals surface area contributed by atoms with Gasteiger partial charge in [-0.2, -0.15) is 0 Å². The Hall–Kier alpha value is -0.210. The van der Waals surface area contributed by atoms with E-state index < -0.39 is 0 Å². The van der Waals surface area contributed by atoms with Gasteiger partial charge >= 0.3 is 0 Å². The first-order valence-corrected chi connectivity index (χ1v) is 5.98. The first kappa shape index (κ1) is 11.9. The lowest BCUT2D eigenvalue weighted by atomic mass is 10.1. The second-order valence-electron chi connectivity index (χ2n) is 2.99. The zero-order valence-electron chi connectivity index (χ0n) is 8.39. The van der Waals surface area contributed by atoms with E-state index in [1.54, 1.807) is 0 Å². The molecule has 1 unspecified atom stereocenters. The summed E-state index contributed by atoms with van der Waals surface area (Å²) in [6, 6.07) is 5.94. The molecule has 0 aliphatic heterocycles. The van der Waals surface area contributed by atoms with Crippen LogP contribution >= 0.6 is 27.5 Å². The van der Waals surface area contributed by atoms with Crippen LogP contribution < -0.4 is 4.74 Å². The third kappa shape index (κ3) is 2.89. The summed E-state index contributed by atoms with van der Waals surface area (Å²) in [5, 5.41) is 0.0223. The summed E-state index contributed by atoms with van der Waals surface area (Å²) in [6.07, 6.45) is 0.901. The summed E-state index contributed by atoms with van der Waals surface area (Å²) < 4.78 is 6.55. The molecule has 0 heterocycles. The number of benzene rings is 1. The molecular formula is C11H14BrClO. The summed E-state index contributed by atoms with van der Waals surface area (Å²) in [7, 11) is 0. The second kappa shape index (κ2) is 5.62. The lowest BCUT2D eigenvalue weighted by Crippen LogP contribution is -1.98. The molecule has 0 N–H and O–H groups in total. The van der Waals surface area contributed by atoms with E-state index in [9.17, 15) is 0 Å². The number of halogens is 2. The van der Waals surface area contributed by atoms with Gasteiger partial charge in [-0.1, -0.05) is 22.9 Å². The Morgan fingerprint density at radius 2 is 2.14 bits per heavy atom. The smallest absolute Gasteiger partial charge is 0.124 e. The number of hydrogen-bond donors (Lipinski definition) is 0. The van der Waals surface area contributed by atoms with Crippen LogP contribution in [0.4, 0.5) is 0 Å². The van der Waals surface area contributed by atoms with Gasteiger partial charge in [-0.25, -0.2) is 0 Å². The van der Waals surface area contributed by atoms with Gasteiger partial charge < -0.3 is 4.74 Å². The molecule has 0 saturated carbocycles. The molecular weight excluding hydrogens is 263 g/mol. The predicted octanol–water partition coefficient (Wildman–Crippen LogP) is 4.54. The van der Waals surface area contributed by atoms with Crippen LogP contribution in [0.1, 0.15) is 31.2 Å². The van der Waals surface area contributed by atoms with E-state index in [4.69, 9.17) is 16.3 Å². The topological polar surface area (TPSA) is 9.23 Å². The van der Waals surface area contributed by atoms with Gasteiger partial charge in [0, 0.05) is 10.0 Å². The maximum absolute atomic E-state index is 6.20. The van der Waals surface area contributed by atoms with Gasteiger partial charge in [0.1, 0.15) is 5.75 Å². The first-order chi connectivity index (χ1) is 6.69. The maximum atomic E-state index is 6.20. The molecule has 3 heteroatoms. The SMILES string of the molecule is CCOc1ccc(Br)cc1C(Cl)CC. The summed E-state index contributed by atoms with van der Waals surface area (Å²) in [4.78, 5) is 0. The van der Waals surface area contributed by atoms with Crippen LogP contribution in [0, 0.1) is 0 Å². The lowest BCUT2D eigenvalue weighted by Gasteiger charge is -2.13. The minimum absolute atomic E-state index is 0.0223. The Balaban J connectivity index is 3.02. The van der Waals surface area contributed by atoms with Crippen molar-refractivity contribution in [1.29, 1.82) is 0 Å². The molecule has 0 bridgehead atoms. The van der Waals surface area contributed by atoms with Crippen molar-refractivity contribution in [3.63, 3.8) is 0 Å². The highest BCUT2D eigenvalue weighted by Crippen LogP contribution is 2.34. The third-order valence-corrected chi connectivity index (χ3v) is 3.00. The summed E-state index contributed by atoms with van der Waals surface area (Å²) >= 11 is 9.63. The molecule has 0 aliphatic rings. The van der Waals surface area contributed by atoms with Crippen LogP contribution in [0.15, 0.2) is 22.7 Å². The molecule has 0 radical (unpaired) electrons. The highest BCUT2D eigenvalue weighted by Gasteiger charge is 2.12. The molecule has 0 saturated heterocycles. The van der Waals surface area contributed by atoms with E-state index in [2.05, 4.69) is 22.9 Å². The normalized spacial score (nSPS) is 12.6. The Morgan fingerprint density at radius 3 is 2.71 bits per heavy atom. The van der Waals surface area contributed by atoms with Crippen molar-refractivity contribution in [2.75, 3.05) is 6.61 Å². The molecule has 0 fully saturated rings. The van der Waals surface area contributed by atoms with Gasteiger partial charge in [0.05, 0.1) is 12.0 Å². The van der Waals surface area contributed by atoms with Crippen molar-refractivity contribution >= 4 is 27.5 Å². The van der Waals surface area contributed by atoms with E-state index in [1.165, 1.54) is 0 Å². The molecule has 0 aliphatic carbocycles. The van der Waals surface area contributed by atoms with E-state index in [1.807, 2.05) is 25.1 Å². The van der Waals surface area contributed by atoms with Crippen molar-refractivity contribution in [2.24, 2.45) is 0 Å². The number of rotatable bonds is 4. The van der Waals surface area contributed by atoms with Gasteiger partial charge in [-0.15, -0.1) is 11.6 Å². The molecule has 1 aromatic rings. The Labute approximate surface area is 98.5 Å². The van der Waals surface area contributed by atoms with Gasteiger partial charge in [-0.3, -0.25) is 0 Å². The van der Waals surface area contributed by atoms with Gasteiger partial charge in [0.25, 0.3) is 0 Å². The third-order valence-electron chi connectivity index (χ3n) is 1.97. The monoisotopic (exact) mass is 276 g/mol. The van der Waals surface area contributed by atoms with Gasteiger partial charge in [-0.05, 0) is 31.5 Å². The summed E-state index contributed by atoms with van der Waals surface area (Å²) in [5.41, 5.74) is 1.06. The molecule has 1 nitrogen and oxygen atoms in total. The van der Waals surface area contributed by atoms with Crippen LogP contribution in [0.3, 0.4) is 0 Å². The van der Waals surface area contributed by atoms with Crippen LogP contribution in [-0.4, -0.2) is 6.61 Å². The Morgan fingerprint density at radius 1 is 1.43 bits per heavy atom. The fourth-order valence-electron chi connectivity index (χ4n) is 1.27. The molecule has 1 atom stereocenters. The zero-order chi connectivity index (χ0) is 10.6. The van der Waals surface area contributed by atoms with Crippen molar-refractivity contribution in [3.05, 3.63) is 28.2 Å². The summed E-state index contributed by atoms with van der Waals surface area (Å²) in [6.45, 7) is 4.71. The molecule has 0 aromatic heterocycles. The fourth-order valence-corrected chi connectivity index (χ4v) is 1.82. The van der Waals surface area contributed by atoms with Crippen molar-refractivity contribution in [3.8, 4) is 5.75 Å². The number of hydrogen-bond acceptors (Lipinski definition) is 1. The largest absolute Gasteiger partial charge is 0.494 e. The van der Waals surface area contributed by atoms with Crippen molar-refractivity contribution < 1.29 is 4.74 Å². The fraction of sp³-hybridized carbons (Fsp3) is 0.455. The van der Waals surface area contributed by atoms with Crippen molar-refractivity contribution in [2.45, 2.75) is 25.6 Å². The molecule has 0 spiro atoms. The van der Waals surface area contributed by atoms with E-state index in [-0.39, 0.29) is 5.38 Å².